The van der Waals surface area contributed by atoms with Crippen LogP contribution in [-0.2, 0) is 11.3 Å². The zero-order chi connectivity index (χ0) is 19.3. The van der Waals surface area contributed by atoms with Gasteiger partial charge in [0.2, 0.25) is 11.8 Å². The molecule has 0 fully saturated rings. The molecule has 0 aliphatic rings. The van der Waals surface area contributed by atoms with Crippen LogP contribution in [0.15, 0.2) is 59.0 Å². The number of carbonyl (C=O) groups excluding carboxylic acids is 1. The summed E-state index contributed by atoms with van der Waals surface area (Å²) in [6.07, 6.45) is -1.62. The zero-order valence-corrected chi connectivity index (χ0v) is 14.0. The van der Waals surface area contributed by atoms with Gasteiger partial charge in [-0.25, -0.2) is 4.98 Å². The highest BCUT2D eigenvalue weighted by atomic mass is 19.4. The third-order valence-corrected chi connectivity index (χ3v) is 3.48. The average molecular weight is 376 g/mol. The molecule has 5 nitrogen and oxygen atoms in total. The van der Waals surface area contributed by atoms with Crippen LogP contribution in [0.4, 0.5) is 13.2 Å². The van der Waals surface area contributed by atoms with E-state index in [0.29, 0.717) is 17.0 Å². The maximum atomic E-state index is 12.1. The molecule has 0 saturated heterocycles. The third-order valence-electron chi connectivity index (χ3n) is 3.48. The van der Waals surface area contributed by atoms with Crippen molar-refractivity contribution in [2.24, 2.45) is 0 Å². The second kappa shape index (κ2) is 7.94. The van der Waals surface area contributed by atoms with E-state index in [1.807, 2.05) is 12.1 Å². The first kappa shape index (κ1) is 18.5. The number of nitrogens with one attached hydrogen (secondary N) is 1. The molecule has 1 heterocycles. The summed E-state index contributed by atoms with van der Waals surface area (Å²) in [4.78, 5) is 16.1. The number of hydrogen-bond donors (Lipinski definition) is 1. The Balaban J connectivity index is 1.49. The van der Waals surface area contributed by atoms with Crippen LogP contribution in [0.3, 0.4) is 0 Å². The third kappa shape index (κ3) is 5.60. The smallest absolute Gasteiger partial charge is 0.422 e. The fourth-order valence-electron chi connectivity index (χ4n) is 2.23. The molecule has 0 unspecified atom stereocenters. The van der Waals surface area contributed by atoms with Crippen LogP contribution < -0.4 is 10.1 Å². The number of halogens is 3. The maximum absolute atomic E-state index is 12.1. The van der Waals surface area contributed by atoms with Crippen molar-refractivity contribution in [2.75, 3.05) is 6.61 Å². The van der Waals surface area contributed by atoms with Gasteiger partial charge < -0.3 is 14.5 Å². The molecule has 1 amide bonds. The molecule has 3 aromatic rings. The minimum Gasteiger partial charge on any atom is -0.484 e. The number of rotatable bonds is 6. The van der Waals surface area contributed by atoms with E-state index in [1.165, 1.54) is 24.3 Å². The molecule has 0 bridgehead atoms. The number of nitrogens with zero attached hydrogens (tertiary/aromatic N) is 1. The highest BCUT2D eigenvalue weighted by Gasteiger charge is 2.28. The fraction of sp³-hybridized carbons (Fsp3) is 0.158. The van der Waals surface area contributed by atoms with Crippen LogP contribution >= 0.6 is 0 Å². The van der Waals surface area contributed by atoms with Gasteiger partial charge in [0.1, 0.15) is 11.3 Å². The number of carbonyl (C=O) groups is 1. The van der Waals surface area contributed by atoms with Gasteiger partial charge >= 0.3 is 6.18 Å². The predicted octanol–water partition coefficient (Wildman–Crippen LogP) is 4.10. The van der Waals surface area contributed by atoms with Crippen LogP contribution in [0.5, 0.6) is 5.75 Å². The highest BCUT2D eigenvalue weighted by Crippen LogP contribution is 2.19. The lowest BCUT2D eigenvalue weighted by Gasteiger charge is -2.09. The Kier molecular flexibility index (Phi) is 5.44. The monoisotopic (exact) mass is 376 g/mol. The number of hydrogen-bond acceptors (Lipinski definition) is 4. The standard InChI is InChI=1S/C19H15F3N2O3/c20-19(21,22)12-26-14-7-5-13(6-8-14)11-23-17(25)9-10-18-24-15-3-1-2-4-16(15)27-18/h1-10H,11-12H2,(H,23,25)/b10-9+. The zero-order valence-electron chi connectivity index (χ0n) is 14.0. The topological polar surface area (TPSA) is 64.4 Å². The van der Waals surface area contributed by atoms with Gasteiger partial charge in [0, 0.05) is 18.7 Å². The summed E-state index contributed by atoms with van der Waals surface area (Å²) < 4.78 is 46.4. The number of oxazole rings is 1. The molecule has 3 rings (SSSR count). The molecule has 0 aliphatic carbocycles. The lowest BCUT2D eigenvalue weighted by Crippen LogP contribution is -2.20. The summed E-state index contributed by atoms with van der Waals surface area (Å²) in [6, 6.07) is 13.2. The van der Waals surface area contributed by atoms with Crippen molar-refractivity contribution in [3.8, 4) is 5.75 Å². The molecule has 1 aromatic heterocycles. The molecule has 0 atom stereocenters. The van der Waals surface area contributed by atoms with E-state index < -0.39 is 12.8 Å². The van der Waals surface area contributed by atoms with Gasteiger partial charge in [0.25, 0.3) is 0 Å². The van der Waals surface area contributed by atoms with Crippen molar-refractivity contribution in [3.63, 3.8) is 0 Å². The van der Waals surface area contributed by atoms with E-state index in [9.17, 15) is 18.0 Å². The fourth-order valence-corrected chi connectivity index (χ4v) is 2.23. The number of fused-ring (bicyclic) bond motifs is 1. The largest absolute Gasteiger partial charge is 0.484 e. The minimum atomic E-state index is -4.38. The minimum absolute atomic E-state index is 0.109. The Morgan fingerprint density at radius 3 is 2.59 bits per heavy atom. The van der Waals surface area contributed by atoms with Crippen LogP contribution in [0, 0.1) is 0 Å². The Morgan fingerprint density at radius 2 is 1.89 bits per heavy atom. The van der Waals surface area contributed by atoms with Crippen molar-refractivity contribution < 1.29 is 27.1 Å². The Morgan fingerprint density at radius 1 is 1.15 bits per heavy atom. The maximum Gasteiger partial charge on any atom is 0.422 e. The van der Waals surface area contributed by atoms with E-state index in [1.54, 1.807) is 24.3 Å². The van der Waals surface area contributed by atoms with E-state index in [0.717, 1.165) is 5.56 Å². The first-order chi connectivity index (χ1) is 12.9. The molecule has 1 N–H and O–H groups in total. The van der Waals surface area contributed by atoms with Crippen LogP contribution in [0.2, 0.25) is 0 Å². The summed E-state index contributed by atoms with van der Waals surface area (Å²) in [5, 5.41) is 2.66. The summed E-state index contributed by atoms with van der Waals surface area (Å²) in [7, 11) is 0. The first-order valence-electron chi connectivity index (χ1n) is 7.99. The number of alkyl halides is 3. The first-order valence-corrected chi connectivity index (χ1v) is 7.99. The van der Waals surface area contributed by atoms with Gasteiger partial charge in [-0.2, -0.15) is 13.2 Å². The van der Waals surface area contributed by atoms with Crippen molar-refractivity contribution in [3.05, 3.63) is 66.1 Å². The molecular weight excluding hydrogens is 361 g/mol. The summed E-state index contributed by atoms with van der Waals surface area (Å²) >= 11 is 0. The van der Waals surface area contributed by atoms with Gasteiger partial charge in [-0.15, -0.1) is 0 Å². The molecule has 8 heteroatoms. The Bertz CT molecular complexity index is 914. The quantitative estimate of drug-likeness (QED) is 0.658. The van der Waals surface area contributed by atoms with Crippen LogP contribution in [0.1, 0.15) is 11.5 Å². The molecule has 140 valence electrons. The molecule has 27 heavy (non-hydrogen) atoms. The van der Waals surface area contributed by atoms with E-state index >= 15 is 0 Å². The van der Waals surface area contributed by atoms with Gasteiger partial charge in [0.15, 0.2) is 12.2 Å². The second-order valence-electron chi connectivity index (χ2n) is 5.62. The normalized spacial score (nSPS) is 11.8. The van der Waals surface area contributed by atoms with Gasteiger partial charge in [-0.3, -0.25) is 4.79 Å². The number of benzene rings is 2. The van der Waals surface area contributed by atoms with Gasteiger partial charge in [-0.1, -0.05) is 24.3 Å². The molecule has 0 aliphatic heterocycles. The SMILES string of the molecule is O=C(/C=C/c1nc2ccccc2o1)NCc1ccc(OCC(F)(F)F)cc1. The van der Waals surface area contributed by atoms with Crippen molar-refractivity contribution in [2.45, 2.75) is 12.7 Å². The Hall–Kier alpha value is -3.29. The molecule has 0 radical (unpaired) electrons. The van der Waals surface area contributed by atoms with Crippen LogP contribution in [0.25, 0.3) is 17.2 Å². The number of aromatic nitrogens is 1. The molecule has 2 aromatic carbocycles. The van der Waals surface area contributed by atoms with Gasteiger partial charge in [0.05, 0.1) is 0 Å². The van der Waals surface area contributed by atoms with E-state index in [-0.39, 0.29) is 18.2 Å². The molecule has 0 spiro atoms. The van der Waals surface area contributed by atoms with Gasteiger partial charge in [-0.05, 0) is 29.8 Å². The Labute approximate surface area is 152 Å². The number of para-hydroxylation sites is 2. The second-order valence-corrected chi connectivity index (χ2v) is 5.62. The van der Waals surface area contributed by atoms with E-state index in [2.05, 4.69) is 15.0 Å². The lowest BCUT2D eigenvalue weighted by atomic mass is 10.2. The molecular formula is C19H15F3N2O3. The van der Waals surface area contributed by atoms with Crippen molar-refractivity contribution >= 4 is 23.1 Å². The van der Waals surface area contributed by atoms with Crippen molar-refractivity contribution in [1.29, 1.82) is 0 Å². The average Bonchev–Trinajstić information content (AvgIpc) is 3.06. The molecule has 0 saturated carbocycles. The number of ether oxygens (including phenoxy) is 1. The predicted molar refractivity (Wildman–Crippen MR) is 92.9 cm³/mol. The van der Waals surface area contributed by atoms with E-state index in [4.69, 9.17) is 4.42 Å². The summed E-state index contributed by atoms with van der Waals surface area (Å²) in [5.41, 5.74) is 2.05. The van der Waals surface area contributed by atoms with Crippen molar-refractivity contribution in [1.82, 2.24) is 10.3 Å². The summed E-state index contributed by atoms with van der Waals surface area (Å²) in [5.74, 6) is 0.0745. The summed E-state index contributed by atoms with van der Waals surface area (Å²) in [6.45, 7) is -1.13. The lowest BCUT2D eigenvalue weighted by molar-refractivity contribution is -0.153. The van der Waals surface area contributed by atoms with Crippen LogP contribution in [-0.4, -0.2) is 23.7 Å². The number of amides is 1. The highest BCUT2D eigenvalue weighted by molar-refractivity contribution is 5.91.